The van der Waals surface area contributed by atoms with Crippen LogP contribution in [-0.2, 0) is 11.3 Å². The van der Waals surface area contributed by atoms with Gasteiger partial charge in [0.2, 0.25) is 11.7 Å². The molecule has 0 aliphatic carbocycles. The molecule has 1 aromatic carbocycles. The van der Waals surface area contributed by atoms with Crippen molar-refractivity contribution in [3.05, 3.63) is 51.5 Å². The Morgan fingerprint density at radius 3 is 2.50 bits per heavy atom. The summed E-state index contributed by atoms with van der Waals surface area (Å²) in [5.74, 6) is 1.06. The third kappa shape index (κ3) is 5.30. The van der Waals surface area contributed by atoms with Gasteiger partial charge in [-0.2, -0.15) is 0 Å². The van der Waals surface area contributed by atoms with Crippen LogP contribution in [0, 0.1) is 30.9 Å². The van der Waals surface area contributed by atoms with Crippen molar-refractivity contribution in [1.82, 2.24) is 14.5 Å². The number of amides is 1. The summed E-state index contributed by atoms with van der Waals surface area (Å²) in [6.45, 7) is 6.93. The second kappa shape index (κ2) is 8.46. The third-order valence-electron chi connectivity index (χ3n) is 4.03. The molecule has 1 amide bonds. The van der Waals surface area contributed by atoms with E-state index in [1.54, 1.807) is 23.4 Å². The molecule has 0 fully saturated rings. The van der Waals surface area contributed by atoms with Gasteiger partial charge in [-0.25, -0.2) is 0 Å². The van der Waals surface area contributed by atoms with Crippen LogP contribution in [-0.4, -0.2) is 45.5 Å². The third-order valence-corrected chi connectivity index (χ3v) is 4.03. The Kier molecular flexibility index (Phi) is 6.32. The monoisotopic (exact) mass is 360 g/mol. The first kappa shape index (κ1) is 19.4. The highest BCUT2D eigenvalue weighted by atomic mass is 16.6. The molecule has 0 bridgehead atoms. The predicted molar refractivity (Wildman–Crippen MR) is 97.3 cm³/mol. The largest absolute Gasteiger partial charge is 0.492 e. The van der Waals surface area contributed by atoms with Crippen LogP contribution in [0.25, 0.3) is 0 Å². The Morgan fingerprint density at radius 2 is 1.92 bits per heavy atom. The number of carbonyl (C=O) groups excluding carboxylic acids is 1. The molecule has 0 saturated heterocycles. The van der Waals surface area contributed by atoms with Crippen molar-refractivity contribution in [3.8, 4) is 5.75 Å². The Bertz CT molecular complexity index is 780. The van der Waals surface area contributed by atoms with E-state index in [1.807, 2.05) is 26.0 Å². The van der Waals surface area contributed by atoms with Crippen LogP contribution in [0.4, 0.5) is 5.82 Å². The van der Waals surface area contributed by atoms with E-state index >= 15 is 0 Å². The van der Waals surface area contributed by atoms with Crippen molar-refractivity contribution in [2.24, 2.45) is 0 Å². The summed E-state index contributed by atoms with van der Waals surface area (Å²) in [6.07, 6.45) is 1.60. The molecule has 0 N–H and O–H groups in total. The molecule has 0 unspecified atom stereocenters. The number of nitro groups is 1. The van der Waals surface area contributed by atoms with Gasteiger partial charge in [0.05, 0.1) is 6.54 Å². The fourth-order valence-electron chi connectivity index (χ4n) is 2.65. The van der Waals surface area contributed by atoms with E-state index in [0.29, 0.717) is 25.5 Å². The van der Waals surface area contributed by atoms with E-state index in [0.717, 1.165) is 16.9 Å². The van der Waals surface area contributed by atoms with Gasteiger partial charge in [-0.05, 0) is 47.0 Å². The number of imidazole rings is 1. The average Bonchev–Trinajstić information content (AvgIpc) is 2.93. The average molecular weight is 360 g/mol. The standard InChI is InChI=1S/C18H24N4O4/c1-13-9-14(2)11-16(10-13)26-8-7-20(4)18(23)5-6-21-12-17(22(24)25)19-15(21)3/h9-12H,5-8H2,1-4H3. The van der Waals surface area contributed by atoms with Crippen molar-refractivity contribution in [1.29, 1.82) is 0 Å². The zero-order valence-corrected chi connectivity index (χ0v) is 15.6. The molecule has 0 radical (unpaired) electrons. The lowest BCUT2D eigenvalue weighted by molar-refractivity contribution is -0.389. The highest BCUT2D eigenvalue weighted by Gasteiger charge is 2.16. The normalized spacial score (nSPS) is 10.6. The van der Waals surface area contributed by atoms with Crippen LogP contribution in [0.2, 0.25) is 0 Å². The quantitative estimate of drug-likeness (QED) is 0.533. The number of nitrogens with zero attached hydrogens (tertiary/aromatic N) is 4. The minimum Gasteiger partial charge on any atom is -0.492 e. The van der Waals surface area contributed by atoms with Crippen LogP contribution in [0.5, 0.6) is 5.75 Å². The number of aromatic nitrogens is 2. The van der Waals surface area contributed by atoms with Crippen molar-refractivity contribution in [3.63, 3.8) is 0 Å². The van der Waals surface area contributed by atoms with Crippen molar-refractivity contribution < 1.29 is 14.5 Å². The number of ether oxygens (including phenoxy) is 1. The summed E-state index contributed by atoms with van der Waals surface area (Å²) < 4.78 is 7.34. The van der Waals surface area contributed by atoms with E-state index < -0.39 is 4.92 Å². The number of hydrogen-bond donors (Lipinski definition) is 0. The van der Waals surface area contributed by atoms with Crippen molar-refractivity contribution in [2.75, 3.05) is 20.2 Å². The molecule has 2 aromatic rings. The Morgan fingerprint density at radius 1 is 1.27 bits per heavy atom. The molecule has 26 heavy (non-hydrogen) atoms. The fraction of sp³-hybridized carbons (Fsp3) is 0.444. The van der Waals surface area contributed by atoms with Gasteiger partial charge in [-0.1, -0.05) is 6.07 Å². The first-order valence-corrected chi connectivity index (χ1v) is 8.39. The molecule has 0 aliphatic heterocycles. The lowest BCUT2D eigenvalue weighted by Crippen LogP contribution is -2.31. The molecule has 0 saturated carbocycles. The van der Waals surface area contributed by atoms with Crippen LogP contribution >= 0.6 is 0 Å². The summed E-state index contributed by atoms with van der Waals surface area (Å²) in [7, 11) is 1.72. The fourth-order valence-corrected chi connectivity index (χ4v) is 2.65. The SMILES string of the molecule is Cc1cc(C)cc(OCCN(C)C(=O)CCn2cc([N+](=O)[O-])nc2C)c1. The minimum absolute atomic E-state index is 0.0511. The molecule has 140 valence electrons. The smallest absolute Gasteiger partial charge is 0.381 e. The maximum atomic E-state index is 12.2. The molecular formula is C18H24N4O4. The number of rotatable bonds is 8. The Labute approximate surface area is 152 Å². The van der Waals surface area contributed by atoms with Crippen molar-refractivity contribution >= 4 is 11.7 Å². The van der Waals surface area contributed by atoms with Gasteiger partial charge in [-0.15, -0.1) is 0 Å². The first-order chi connectivity index (χ1) is 12.3. The second-order valence-electron chi connectivity index (χ2n) is 6.33. The lowest BCUT2D eigenvalue weighted by Gasteiger charge is -2.18. The summed E-state index contributed by atoms with van der Waals surface area (Å²) in [5, 5.41) is 10.7. The van der Waals surface area contributed by atoms with E-state index in [9.17, 15) is 14.9 Å². The van der Waals surface area contributed by atoms with Crippen LogP contribution in [0.3, 0.4) is 0 Å². The van der Waals surface area contributed by atoms with E-state index in [2.05, 4.69) is 11.1 Å². The van der Waals surface area contributed by atoms with Gasteiger partial charge in [-0.3, -0.25) is 4.79 Å². The molecule has 1 heterocycles. The highest BCUT2D eigenvalue weighted by Crippen LogP contribution is 2.16. The van der Waals surface area contributed by atoms with Gasteiger partial charge in [0.1, 0.15) is 18.6 Å². The molecule has 2 rings (SSSR count). The van der Waals surface area contributed by atoms with Gasteiger partial charge < -0.3 is 24.3 Å². The van der Waals surface area contributed by atoms with Gasteiger partial charge in [0, 0.05) is 26.9 Å². The maximum absolute atomic E-state index is 12.2. The number of hydrogen-bond acceptors (Lipinski definition) is 5. The first-order valence-electron chi connectivity index (χ1n) is 8.39. The van der Waals surface area contributed by atoms with Gasteiger partial charge >= 0.3 is 5.82 Å². The molecule has 0 aliphatic rings. The van der Waals surface area contributed by atoms with Crippen LogP contribution in [0.15, 0.2) is 24.4 Å². The molecule has 8 nitrogen and oxygen atoms in total. The highest BCUT2D eigenvalue weighted by molar-refractivity contribution is 5.75. The number of carbonyl (C=O) groups is 1. The molecular weight excluding hydrogens is 336 g/mol. The zero-order chi connectivity index (χ0) is 19.3. The van der Waals surface area contributed by atoms with Gasteiger partial charge in [0.25, 0.3) is 0 Å². The molecule has 0 atom stereocenters. The van der Waals surface area contributed by atoms with Crippen molar-refractivity contribution in [2.45, 2.75) is 33.7 Å². The number of aryl methyl sites for hydroxylation is 4. The van der Waals surface area contributed by atoms with Gasteiger partial charge in [0.15, 0.2) is 0 Å². The summed E-state index contributed by atoms with van der Waals surface area (Å²) in [4.78, 5) is 27.9. The zero-order valence-electron chi connectivity index (χ0n) is 15.6. The van der Waals surface area contributed by atoms with E-state index in [4.69, 9.17) is 4.74 Å². The summed E-state index contributed by atoms with van der Waals surface area (Å²) in [6, 6.07) is 6.00. The van der Waals surface area contributed by atoms with Crippen LogP contribution in [0.1, 0.15) is 23.4 Å². The van der Waals surface area contributed by atoms with Crippen LogP contribution < -0.4 is 4.74 Å². The Hall–Kier alpha value is -2.90. The molecule has 1 aromatic heterocycles. The summed E-state index contributed by atoms with van der Waals surface area (Å²) in [5.41, 5.74) is 2.27. The second-order valence-corrected chi connectivity index (χ2v) is 6.33. The van der Waals surface area contributed by atoms with E-state index in [1.165, 1.54) is 6.20 Å². The topological polar surface area (TPSA) is 90.5 Å². The van der Waals surface area contributed by atoms with E-state index in [-0.39, 0.29) is 18.1 Å². The summed E-state index contributed by atoms with van der Waals surface area (Å²) >= 11 is 0. The predicted octanol–water partition coefficient (Wildman–Crippen LogP) is 2.64. The maximum Gasteiger partial charge on any atom is 0.381 e. The molecule has 0 spiro atoms. The Balaban J connectivity index is 1.79. The number of likely N-dealkylation sites (N-methyl/N-ethyl adjacent to an activating group) is 1. The lowest BCUT2D eigenvalue weighted by atomic mass is 10.1. The number of benzene rings is 1. The molecule has 8 heteroatoms. The minimum atomic E-state index is -0.540.